The van der Waals surface area contributed by atoms with Crippen LogP contribution in [0.15, 0.2) is 23.4 Å². The Balaban J connectivity index is 4.36. The third-order valence-corrected chi connectivity index (χ3v) is 2.41. The van der Waals surface area contributed by atoms with Crippen LogP contribution in [0.25, 0.3) is 0 Å². The molecule has 0 aromatic heterocycles. The highest BCUT2D eigenvalue weighted by molar-refractivity contribution is 5.11. The third-order valence-electron chi connectivity index (χ3n) is 2.41. The summed E-state index contributed by atoms with van der Waals surface area (Å²) in [5, 5.41) is 0. The molecule has 15 heavy (non-hydrogen) atoms. The fourth-order valence-corrected chi connectivity index (χ4v) is 1.43. The largest absolute Gasteiger partial charge is 0.379 e. The molecule has 0 aliphatic carbocycles. The van der Waals surface area contributed by atoms with Gasteiger partial charge in [0.1, 0.15) is 0 Å². The molecule has 0 radical (unpaired) electrons. The minimum atomic E-state index is 0.691. The smallest absolute Gasteiger partial charge is 0.0857 e. The average molecular weight is 211 g/mol. The van der Waals surface area contributed by atoms with Crippen molar-refractivity contribution in [2.45, 2.75) is 33.1 Å². The molecule has 0 saturated carbocycles. The second-order valence-corrected chi connectivity index (χ2v) is 3.85. The number of rotatable bonds is 7. The van der Waals surface area contributed by atoms with Crippen molar-refractivity contribution in [2.24, 2.45) is 0 Å². The second-order valence-electron chi connectivity index (χ2n) is 3.85. The number of likely N-dealkylation sites (N-methyl/N-ethyl adjacent to an activating group) is 1. The number of ether oxygens (including phenoxy) is 1. The van der Waals surface area contributed by atoms with Crippen molar-refractivity contribution < 1.29 is 4.74 Å². The van der Waals surface area contributed by atoms with E-state index in [-0.39, 0.29) is 0 Å². The van der Waals surface area contributed by atoms with E-state index < -0.39 is 0 Å². The lowest BCUT2D eigenvalue weighted by atomic mass is 10.1. The number of hydrogen-bond donors (Lipinski definition) is 0. The molecule has 0 aromatic rings. The summed E-state index contributed by atoms with van der Waals surface area (Å²) in [7, 11) is 5.85. The van der Waals surface area contributed by atoms with E-state index in [1.54, 1.807) is 7.11 Å². The molecule has 0 aliphatic rings. The first-order valence-corrected chi connectivity index (χ1v) is 5.68. The molecule has 0 N–H and O–H groups in total. The van der Waals surface area contributed by atoms with Gasteiger partial charge in [-0.1, -0.05) is 31.6 Å². The van der Waals surface area contributed by atoms with Crippen molar-refractivity contribution in [3.05, 3.63) is 23.4 Å². The standard InChI is InChI=1S/C13H25NO/c1-6-8-12(7-2)9-10-13(11-15-5)14(3)4/h8,10H,6-7,9,11H2,1-5H3/b12-8-,13-10+. The first-order valence-electron chi connectivity index (χ1n) is 5.68. The molecule has 0 heterocycles. The van der Waals surface area contributed by atoms with Gasteiger partial charge in [0.15, 0.2) is 0 Å². The lowest BCUT2D eigenvalue weighted by molar-refractivity contribution is 0.203. The van der Waals surface area contributed by atoms with Gasteiger partial charge in [-0.25, -0.2) is 0 Å². The van der Waals surface area contributed by atoms with Crippen LogP contribution in [-0.4, -0.2) is 32.7 Å². The van der Waals surface area contributed by atoms with Crippen LogP contribution in [0.3, 0.4) is 0 Å². The molecular formula is C13H25NO. The molecule has 0 fully saturated rings. The highest BCUT2D eigenvalue weighted by atomic mass is 16.5. The highest BCUT2D eigenvalue weighted by Gasteiger charge is 1.99. The summed E-state index contributed by atoms with van der Waals surface area (Å²) < 4.78 is 5.16. The predicted octanol–water partition coefficient (Wildman–Crippen LogP) is 3.21. The Bertz CT molecular complexity index is 217. The zero-order valence-corrected chi connectivity index (χ0v) is 10.8. The molecule has 2 nitrogen and oxygen atoms in total. The van der Waals surface area contributed by atoms with Crippen LogP contribution in [0.4, 0.5) is 0 Å². The predicted molar refractivity (Wildman–Crippen MR) is 66.9 cm³/mol. The number of allylic oxidation sites excluding steroid dienone is 3. The van der Waals surface area contributed by atoms with E-state index in [9.17, 15) is 0 Å². The highest BCUT2D eigenvalue weighted by Crippen LogP contribution is 2.11. The Hall–Kier alpha value is -0.760. The van der Waals surface area contributed by atoms with Crippen molar-refractivity contribution >= 4 is 0 Å². The van der Waals surface area contributed by atoms with E-state index in [2.05, 4.69) is 45.0 Å². The summed E-state index contributed by atoms with van der Waals surface area (Å²) in [6.45, 7) is 5.08. The fourth-order valence-electron chi connectivity index (χ4n) is 1.43. The first-order chi connectivity index (χ1) is 7.15. The Morgan fingerprint density at radius 2 is 1.87 bits per heavy atom. The topological polar surface area (TPSA) is 12.5 Å². The Kier molecular flexibility index (Phi) is 8.11. The van der Waals surface area contributed by atoms with Gasteiger partial charge in [0.25, 0.3) is 0 Å². The van der Waals surface area contributed by atoms with Crippen LogP contribution in [0.1, 0.15) is 33.1 Å². The summed E-state index contributed by atoms with van der Waals surface area (Å²) in [6, 6.07) is 0. The zero-order chi connectivity index (χ0) is 11.7. The minimum absolute atomic E-state index is 0.691. The van der Waals surface area contributed by atoms with Crippen molar-refractivity contribution in [1.82, 2.24) is 4.90 Å². The zero-order valence-electron chi connectivity index (χ0n) is 10.8. The summed E-state index contributed by atoms with van der Waals surface area (Å²) in [5.74, 6) is 0. The van der Waals surface area contributed by atoms with E-state index >= 15 is 0 Å². The molecule has 0 bridgehead atoms. The molecule has 0 spiro atoms. The summed E-state index contributed by atoms with van der Waals surface area (Å²) in [5.41, 5.74) is 2.75. The third kappa shape index (κ3) is 6.34. The molecule has 0 unspecified atom stereocenters. The Labute approximate surface area is 94.6 Å². The van der Waals surface area contributed by atoms with Crippen LogP contribution in [-0.2, 0) is 4.74 Å². The molecule has 0 rings (SSSR count). The van der Waals surface area contributed by atoms with Crippen molar-refractivity contribution in [1.29, 1.82) is 0 Å². The number of hydrogen-bond acceptors (Lipinski definition) is 2. The van der Waals surface area contributed by atoms with Gasteiger partial charge in [-0.3, -0.25) is 0 Å². The Morgan fingerprint density at radius 3 is 2.27 bits per heavy atom. The molecule has 88 valence electrons. The maximum Gasteiger partial charge on any atom is 0.0857 e. The van der Waals surface area contributed by atoms with Crippen molar-refractivity contribution in [2.75, 3.05) is 27.8 Å². The normalized spacial score (nSPS) is 13.1. The molecule has 2 heteroatoms. The molecular weight excluding hydrogens is 186 g/mol. The average Bonchev–Trinajstić information content (AvgIpc) is 2.21. The van der Waals surface area contributed by atoms with E-state index in [4.69, 9.17) is 4.74 Å². The van der Waals surface area contributed by atoms with E-state index in [0.717, 1.165) is 19.3 Å². The molecule has 0 aliphatic heterocycles. The van der Waals surface area contributed by atoms with Gasteiger partial charge >= 0.3 is 0 Å². The summed E-state index contributed by atoms with van der Waals surface area (Å²) in [6.07, 6.45) is 7.88. The second kappa shape index (κ2) is 8.54. The summed E-state index contributed by atoms with van der Waals surface area (Å²) in [4.78, 5) is 2.11. The monoisotopic (exact) mass is 211 g/mol. The lowest BCUT2D eigenvalue weighted by Crippen LogP contribution is -2.15. The van der Waals surface area contributed by atoms with Gasteiger partial charge < -0.3 is 9.64 Å². The van der Waals surface area contributed by atoms with Crippen molar-refractivity contribution in [3.8, 4) is 0 Å². The Morgan fingerprint density at radius 1 is 1.20 bits per heavy atom. The van der Waals surface area contributed by atoms with Gasteiger partial charge in [-0.2, -0.15) is 0 Å². The number of nitrogens with zero attached hydrogens (tertiary/aromatic N) is 1. The van der Waals surface area contributed by atoms with Crippen LogP contribution in [0, 0.1) is 0 Å². The van der Waals surface area contributed by atoms with Gasteiger partial charge in [0, 0.05) is 26.9 Å². The molecule has 0 aromatic carbocycles. The molecule has 0 saturated heterocycles. The first kappa shape index (κ1) is 14.2. The maximum atomic E-state index is 5.16. The maximum absolute atomic E-state index is 5.16. The lowest BCUT2D eigenvalue weighted by Gasteiger charge is -2.16. The molecule has 0 amide bonds. The fraction of sp³-hybridized carbons (Fsp3) is 0.692. The van der Waals surface area contributed by atoms with E-state index in [0.29, 0.717) is 6.61 Å². The van der Waals surface area contributed by atoms with Crippen LogP contribution in [0.5, 0.6) is 0 Å². The van der Waals surface area contributed by atoms with E-state index in [1.165, 1.54) is 11.3 Å². The summed E-state index contributed by atoms with van der Waals surface area (Å²) >= 11 is 0. The van der Waals surface area contributed by atoms with Gasteiger partial charge in [0.05, 0.1) is 6.61 Å². The molecule has 0 atom stereocenters. The number of methoxy groups -OCH3 is 1. The van der Waals surface area contributed by atoms with Crippen LogP contribution < -0.4 is 0 Å². The van der Waals surface area contributed by atoms with Gasteiger partial charge in [-0.05, 0) is 19.3 Å². The van der Waals surface area contributed by atoms with Crippen LogP contribution >= 0.6 is 0 Å². The quantitative estimate of drug-likeness (QED) is 0.600. The van der Waals surface area contributed by atoms with Crippen molar-refractivity contribution in [3.63, 3.8) is 0 Å². The van der Waals surface area contributed by atoms with Crippen LogP contribution in [0.2, 0.25) is 0 Å². The SMILES string of the molecule is CC/C=C(/CC)C/C=C(\COC)N(C)C. The van der Waals surface area contributed by atoms with Gasteiger partial charge in [-0.15, -0.1) is 0 Å². The van der Waals surface area contributed by atoms with Gasteiger partial charge in [0.2, 0.25) is 0 Å². The van der Waals surface area contributed by atoms with E-state index in [1.807, 2.05) is 0 Å². The minimum Gasteiger partial charge on any atom is -0.379 e.